The van der Waals surface area contributed by atoms with Crippen molar-refractivity contribution in [1.29, 1.82) is 0 Å². The van der Waals surface area contributed by atoms with Gasteiger partial charge in [0.1, 0.15) is 0 Å². The number of methoxy groups -OCH3 is 1. The van der Waals surface area contributed by atoms with Crippen LogP contribution >= 0.6 is 39.0 Å². The lowest BCUT2D eigenvalue weighted by Gasteiger charge is -2.11. The van der Waals surface area contributed by atoms with Crippen molar-refractivity contribution in [3.05, 3.63) is 21.1 Å². The molecule has 2 aromatic rings. The summed E-state index contributed by atoms with van der Waals surface area (Å²) in [6.07, 6.45) is 0.250. The number of hydrogen-bond acceptors (Lipinski definition) is 5. The third-order valence-electron chi connectivity index (χ3n) is 2.77. The summed E-state index contributed by atoms with van der Waals surface area (Å²) in [4.78, 5) is 11.3. The third-order valence-corrected chi connectivity index (χ3v) is 5.72. The van der Waals surface area contributed by atoms with E-state index in [2.05, 4.69) is 36.9 Å². The second kappa shape index (κ2) is 4.71. The number of aromatic amines is 1. The number of halogens is 1. The number of nitrogens with zero attached hydrogens (tertiary/aromatic N) is 1. The second-order valence-corrected chi connectivity index (χ2v) is 7.50. The summed E-state index contributed by atoms with van der Waals surface area (Å²) in [5.41, 5.74) is 4.08. The van der Waals surface area contributed by atoms with Gasteiger partial charge in [-0.2, -0.15) is 5.10 Å². The largest absolute Gasteiger partial charge is 0.469 e. The molecule has 3 heterocycles. The van der Waals surface area contributed by atoms with Crippen molar-refractivity contribution in [2.24, 2.45) is 0 Å². The quantitative estimate of drug-likeness (QED) is 0.849. The van der Waals surface area contributed by atoms with E-state index in [-0.39, 0.29) is 12.4 Å². The number of nitrogens with one attached hydrogen (secondary N) is 1. The molecule has 1 aliphatic heterocycles. The van der Waals surface area contributed by atoms with Crippen LogP contribution < -0.4 is 0 Å². The minimum atomic E-state index is -0.247. The van der Waals surface area contributed by atoms with Crippen LogP contribution in [0.15, 0.2) is 14.1 Å². The molecule has 0 saturated heterocycles. The first-order valence-corrected chi connectivity index (χ1v) is 7.84. The number of H-pyrrole nitrogens is 1. The second-order valence-electron chi connectivity index (χ2n) is 3.82. The molecular weight excluding hydrogens is 336 g/mol. The van der Waals surface area contributed by atoms with Crippen LogP contribution in [0.2, 0.25) is 0 Å². The molecule has 0 unspecified atom stereocenters. The number of carbonyl (C=O) groups excluding carboxylic acids is 1. The van der Waals surface area contributed by atoms with Gasteiger partial charge in [0.15, 0.2) is 0 Å². The maximum Gasteiger partial charge on any atom is 0.311 e. The van der Waals surface area contributed by atoms with E-state index in [1.54, 1.807) is 23.1 Å². The minimum Gasteiger partial charge on any atom is -0.469 e. The molecule has 0 radical (unpaired) electrons. The number of aromatic nitrogens is 2. The lowest BCUT2D eigenvalue weighted by molar-refractivity contribution is -0.139. The lowest BCUT2D eigenvalue weighted by Crippen LogP contribution is -2.07. The molecule has 7 heteroatoms. The molecule has 0 saturated carbocycles. The normalized spacial score (nSPS) is 13.0. The van der Waals surface area contributed by atoms with Crippen molar-refractivity contribution < 1.29 is 9.53 Å². The summed E-state index contributed by atoms with van der Waals surface area (Å²) in [7, 11) is 1.40. The van der Waals surface area contributed by atoms with Gasteiger partial charge in [-0.05, 0) is 22.0 Å². The predicted octanol–water partition coefficient (Wildman–Crippen LogP) is 3.22. The van der Waals surface area contributed by atoms with E-state index in [4.69, 9.17) is 0 Å². The first kappa shape index (κ1) is 12.3. The average molecular weight is 345 g/mol. The summed E-state index contributed by atoms with van der Waals surface area (Å²) in [5, 5.41) is 7.30. The van der Waals surface area contributed by atoms with Crippen molar-refractivity contribution in [3.8, 4) is 11.3 Å². The smallest absolute Gasteiger partial charge is 0.311 e. The molecule has 1 N–H and O–H groups in total. The maximum absolute atomic E-state index is 11.3. The van der Waals surface area contributed by atoms with Gasteiger partial charge in [0.2, 0.25) is 0 Å². The Morgan fingerprint density at radius 2 is 2.50 bits per heavy atom. The maximum atomic E-state index is 11.3. The molecule has 4 nitrogen and oxygen atoms in total. The van der Waals surface area contributed by atoms with Crippen LogP contribution in [-0.4, -0.2) is 23.3 Å². The number of esters is 1. The van der Waals surface area contributed by atoms with Crippen molar-refractivity contribution in [2.45, 2.75) is 16.4 Å². The Labute approximate surface area is 120 Å². The summed E-state index contributed by atoms with van der Waals surface area (Å²) in [5.74, 6) is 0.599. The van der Waals surface area contributed by atoms with E-state index in [0.717, 1.165) is 32.1 Å². The van der Waals surface area contributed by atoms with Gasteiger partial charge in [-0.1, -0.05) is 0 Å². The Bertz CT molecular complexity index is 621. The Morgan fingerprint density at radius 1 is 1.67 bits per heavy atom. The first-order chi connectivity index (χ1) is 8.69. The Morgan fingerprint density at radius 3 is 3.28 bits per heavy atom. The number of thioether (sulfide) groups is 1. The molecule has 0 spiro atoms. The van der Waals surface area contributed by atoms with E-state index in [1.165, 1.54) is 11.3 Å². The number of rotatable bonds is 2. The van der Waals surface area contributed by atoms with Crippen LogP contribution in [-0.2, 0) is 21.7 Å². The van der Waals surface area contributed by atoms with E-state index in [1.807, 2.05) is 0 Å². The zero-order valence-electron chi connectivity index (χ0n) is 9.45. The topological polar surface area (TPSA) is 55.0 Å². The van der Waals surface area contributed by atoms with Gasteiger partial charge in [-0.15, -0.1) is 23.1 Å². The van der Waals surface area contributed by atoms with E-state index >= 15 is 0 Å². The van der Waals surface area contributed by atoms with Crippen LogP contribution in [0, 0.1) is 0 Å². The van der Waals surface area contributed by atoms with Gasteiger partial charge < -0.3 is 4.74 Å². The van der Waals surface area contributed by atoms with E-state index in [0.29, 0.717) is 0 Å². The van der Waals surface area contributed by atoms with Gasteiger partial charge >= 0.3 is 5.97 Å². The molecule has 0 fully saturated rings. The van der Waals surface area contributed by atoms with Gasteiger partial charge in [-0.25, -0.2) is 0 Å². The molecular formula is C11H9BrN2O2S2. The monoisotopic (exact) mass is 344 g/mol. The Hall–Kier alpha value is -0.790. The fourth-order valence-electron chi connectivity index (χ4n) is 1.90. The fourth-order valence-corrected chi connectivity index (χ4v) is 5.13. The first-order valence-electron chi connectivity index (χ1n) is 5.24. The van der Waals surface area contributed by atoms with Gasteiger partial charge in [0.25, 0.3) is 0 Å². The van der Waals surface area contributed by atoms with Crippen LogP contribution in [0.25, 0.3) is 11.3 Å². The molecule has 0 aliphatic carbocycles. The molecule has 0 atom stereocenters. The van der Waals surface area contributed by atoms with Gasteiger partial charge in [0, 0.05) is 16.9 Å². The molecule has 94 valence electrons. The third kappa shape index (κ3) is 2.00. The molecule has 0 aromatic carbocycles. The average Bonchev–Trinajstić information content (AvgIpc) is 2.91. The lowest BCUT2D eigenvalue weighted by atomic mass is 10.1. The molecule has 18 heavy (non-hydrogen) atoms. The zero-order valence-corrected chi connectivity index (χ0v) is 12.7. The highest BCUT2D eigenvalue weighted by atomic mass is 79.9. The SMILES string of the molecule is COC(=O)Cc1[nH]nc2c1CSc1sc(Br)cc1-2. The standard InChI is InChI=1S/C11H9BrN2O2S2/c1-16-9(15)3-7-6-4-17-11-5(2-8(12)18-11)10(6)14-13-7/h2H,3-4H2,1H3,(H,13,14). The molecule has 0 amide bonds. The number of carbonyl (C=O) groups is 1. The van der Waals surface area contributed by atoms with Crippen molar-refractivity contribution in [1.82, 2.24) is 10.2 Å². The van der Waals surface area contributed by atoms with Gasteiger partial charge in [0.05, 0.1) is 32.9 Å². The summed E-state index contributed by atoms with van der Waals surface area (Å²) in [6, 6.07) is 2.08. The fraction of sp³-hybridized carbons (Fsp3) is 0.273. The van der Waals surface area contributed by atoms with Crippen molar-refractivity contribution in [2.75, 3.05) is 7.11 Å². The number of thiophene rings is 1. The molecule has 1 aliphatic rings. The minimum absolute atomic E-state index is 0.247. The van der Waals surface area contributed by atoms with Crippen LogP contribution in [0.5, 0.6) is 0 Å². The van der Waals surface area contributed by atoms with Crippen LogP contribution in [0.1, 0.15) is 11.3 Å². The predicted molar refractivity (Wildman–Crippen MR) is 74.9 cm³/mol. The summed E-state index contributed by atoms with van der Waals surface area (Å²) in [6.45, 7) is 0. The molecule has 2 aromatic heterocycles. The molecule has 0 bridgehead atoms. The van der Waals surface area contributed by atoms with Crippen LogP contribution in [0.4, 0.5) is 0 Å². The van der Waals surface area contributed by atoms with Crippen molar-refractivity contribution >= 4 is 45.0 Å². The summed E-state index contributed by atoms with van der Waals surface area (Å²) < 4.78 is 7.06. The highest BCUT2D eigenvalue weighted by Crippen LogP contribution is 2.47. The van der Waals surface area contributed by atoms with Gasteiger partial charge in [-0.3, -0.25) is 9.89 Å². The number of ether oxygens (including phenoxy) is 1. The van der Waals surface area contributed by atoms with E-state index < -0.39 is 0 Å². The highest BCUT2D eigenvalue weighted by molar-refractivity contribution is 9.11. The molecule has 3 rings (SSSR count). The summed E-state index contributed by atoms with van der Waals surface area (Å²) >= 11 is 6.99. The van der Waals surface area contributed by atoms with E-state index in [9.17, 15) is 4.79 Å². The number of hydrogen-bond donors (Lipinski definition) is 1. The highest BCUT2D eigenvalue weighted by Gasteiger charge is 2.25. The van der Waals surface area contributed by atoms with Crippen LogP contribution in [0.3, 0.4) is 0 Å². The van der Waals surface area contributed by atoms with Crippen molar-refractivity contribution in [3.63, 3.8) is 0 Å². The Kier molecular flexibility index (Phi) is 3.21. The zero-order chi connectivity index (χ0) is 12.7. The Balaban J connectivity index is 2.01. The number of fused-ring (bicyclic) bond motifs is 3.